The molecule has 1 aliphatic carbocycles. The molecule has 0 aliphatic heterocycles. The van der Waals surface area contributed by atoms with Gasteiger partial charge in [-0.1, -0.05) is 48.5 Å². The summed E-state index contributed by atoms with van der Waals surface area (Å²) in [5.74, 6) is -0.617. The first-order chi connectivity index (χ1) is 16.2. The Morgan fingerprint density at radius 1 is 1.03 bits per heavy atom. The Labute approximate surface area is 198 Å². The summed E-state index contributed by atoms with van der Waals surface area (Å²) in [6.07, 6.45) is 0.364. The van der Waals surface area contributed by atoms with Crippen molar-refractivity contribution in [3.63, 3.8) is 0 Å². The SMILES string of the molecule is CNC(=O)N/N=C/[C@H](CC(=O)OC(C)(C)C)NC(=O)OCC1c2ccccc2-c2ccccc21. The van der Waals surface area contributed by atoms with Crippen LogP contribution in [0.15, 0.2) is 53.6 Å². The Morgan fingerprint density at radius 2 is 1.62 bits per heavy atom. The maximum atomic E-state index is 12.6. The fourth-order valence-electron chi connectivity index (χ4n) is 3.74. The molecule has 0 saturated carbocycles. The minimum Gasteiger partial charge on any atom is -0.460 e. The van der Waals surface area contributed by atoms with E-state index in [0.29, 0.717) is 0 Å². The van der Waals surface area contributed by atoms with E-state index in [1.807, 2.05) is 36.4 Å². The van der Waals surface area contributed by atoms with Crippen molar-refractivity contribution in [2.24, 2.45) is 5.10 Å². The van der Waals surface area contributed by atoms with Crippen molar-refractivity contribution in [1.29, 1.82) is 0 Å². The van der Waals surface area contributed by atoms with Gasteiger partial charge in [-0.15, -0.1) is 0 Å². The van der Waals surface area contributed by atoms with Crippen molar-refractivity contribution >= 4 is 24.3 Å². The fourth-order valence-corrected chi connectivity index (χ4v) is 3.74. The van der Waals surface area contributed by atoms with Crippen LogP contribution in [0, 0.1) is 0 Å². The highest BCUT2D eigenvalue weighted by Gasteiger charge is 2.29. The standard InChI is InChI=1S/C25H30N4O5/c1-25(2,3)34-22(30)13-16(14-27-29-23(31)26-4)28-24(32)33-15-21-19-11-7-5-9-17(19)18-10-6-8-12-20(18)21/h5-12,14,16,21H,13,15H2,1-4H3,(H,28,32)(H2,26,29,31)/b27-14+/t16-/m0/s1. The number of urea groups is 1. The lowest BCUT2D eigenvalue weighted by molar-refractivity contribution is -0.154. The molecule has 2 aromatic carbocycles. The maximum Gasteiger partial charge on any atom is 0.407 e. The second-order valence-electron chi connectivity index (χ2n) is 8.84. The highest BCUT2D eigenvalue weighted by Crippen LogP contribution is 2.44. The van der Waals surface area contributed by atoms with Crippen LogP contribution in [0.3, 0.4) is 0 Å². The Morgan fingerprint density at radius 3 is 2.18 bits per heavy atom. The molecular weight excluding hydrogens is 436 g/mol. The van der Waals surface area contributed by atoms with Crippen LogP contribution in [0.5, 0.6) is 0 Å². The van der Waals surface area contributed by atoms with E-state index in [1.54, 1.807) is 20.8 Å². The third kappa shape index (κ3) is 6.57. The molecule has 3 N–H and O–H groups in total. The highest BCUT2D eigenvalue weighted by atomic mass is 16.6. The van der Waals surface area contributed by atoms with E-state index < -0.39 is 29.7 Å². The number of ether oxygens (including phenoxy) is 2. The average Bonchev–Trinajstić information content (AvgIpc) is 3.10. The molecule has 34 heavy (non-hydrogen) atoms. The quantitative estimate of drug-likeness (QED) is 0.328. The van der Waals surface area contributed by atoms with Crippen molar-refractivity contribution in [3.8, 4) is 11.1 Å². The first kappa shape index (κ1) is 24.8. The molecule has 0 unspecified atom stereocenters. The molecule has 2 aromatic rings. The topological polar surface area (TPSA) is 118 Å². The first-order valence-electron chi connectivity index (χ1n) is 11.0. The summed E-state index contributed by atoms with van der Waals surface area (Å²) in [6.45, 7) is 5.38. The van der Waals surface area contributed by atoms with Gasteiger partial charge in [0.2, 0.25) is 0 Å². The fraction of sp³-hybridized carbons (Fsp3) is 0.360. The third-order valence-corrected chi connectivity index (χ3v) is 5.10. The lowest BCUT2D eigenvalue weighted by Gasteiger charge is -2.21. The molecule has 0 fully saturated rings. The number of hydrazone groups is 1. The molecule has 3 rings (SSSR count). The number of alkyl carbamates (subject to hydrolysis) is 1. The summed E-state index contributed by atoms with van der Waals surface area (Å²) in [5, 5.41) is 8.74. The molecule has 9 heteroatoms. The predicted molar refractivity (Wildman–Crippen MR) is 129 cm³/mol. The van der Waals surface area contributed by atoms with Crippen LogP contribution in [0.25, 0.3) is 11.1 Å². The minimum absolute atomic E-state index is 0.0916. The van der Waals surface area contributed by atoms with Gasteiger partial charge in [0, 0.05) is 19.2 Å². The van der Waals surface area contributed by atoms with Gasteiger partial charge < -0.3 is 20.1 Å². The zero-order chi connectivity index (χ0) is 24.7. The number of hydrogen-bond acceptors (Lipinski definition) is 6. The number of carbonyl (C=O) groups excluding carboxylic acids is 3. The third-order valence-electron chi connectivity index (χ3n) is 5.10. The normalized spacial score (nSPS) is 13.5. The van der Waals surface area contributed by atoms with Crippen molar-refractivity contribution in [1.82, 2.24) is 16.1 Å². The van der Waals surface area contributed by atoms with Crippen LogP contribution in [-0.2, 0) is 14.3 Å². The van der Waals surface area contributed by atoms with Crippen molar-refractivity contribution < 1.29 is 23.9 Å². The molecule has 0 aromatic heterocycles. The van der Waals surface area contributed by atoms with Crippen LogP contribution in [0.4, 0.5) is 9.59 Å². The van der Waals surface area contributed by atoms with E-state index in [2.05, 4.69) is 33.3 Å². The predicted octanol–water partition coefficient (Wildman–Crippen LogP) is 3.54. The summed E-state index contributed by atoms with van der Waals surface area (Å²) in [4.78, 5) is 36.2. The molecule has 9 nitrogen and oxygen atoms in total. The van der Waals surface area contributed by atoms with Crippen LogP contribution in [0.2, 0.25) is 0 Å². The van der Waals surface area contributed by atoms with Gasteiger partial charge in [-0.3, -0.25) is 4.79 Å². The van der Waals surface area contributed by atoms with Gasteiger partial charge in [0.05, 0.1) is 12.5 Å². The molecule has 0 saturated heterocycles. The van der Waals surface area contributed by atoms with Crippen molar-refractivity contribution in [3.05, 3.63) is 59.7 Å². The van der Waals surface area contributed by atoms with E-state index in [0.717, 1.165) is 22.3 Å². The highest BCUT2D eigenvalue weighted by molar-refractivity contribution is 5.83. The number of esters is 1. The van der Waals surface area contributed by atoms with E-state index in [1.165, 1.54) is 13.3 Å². The zero-order valence-electron chi connectivity index (χ0n) is 19.8. The number of nitrogens with one attached hydrogen (secondary N) is 3. The minimum atomic E-state index is -0.845. The number of benzene rings is 2. The van der Waals surface area contributed by atoms with E-state index in [4.69, 9.17) is 9.47 Å². The molecule has 1 aliphatic rings. The number of fused-ring (bicyclic) bond motifs is 3. The molecule has 0 radical (unpaired) electrons. The smallest absolute Gasteiger partial charge is 0.407 e. The Hall–Kier alpha value is -3.88. The summed E-state index contributed by atoms with van der Waals surface area (Å²) >= 11 is 0. The monoisotopic (exact) mass is 466 g/mol. The first-order valence-corrected chi connectivity index (χ1v) is 11.0. The second-order valence-corrected chi connectivity index (χ2v) is 8.84. The van der Waals surface area contributed by atoms with Crippen molar-refractivity contribution in [2.75, 3.05) is 13.7 Å². The number of rotatable bonds is 7. The Balaban J connectivity index is 1.65. The van der Waals surface area contributed by atoms with Gasteiger partial charge >= 0.3 is 18.1 Å². The van der Waals surface area contributed by atoms with E-state index in [-0.39, 0.29) is 18.9 Å². The van der Waals surface area contributed by atoms with Crippen LogP contribution in [-0.4, -0.2) is 49.6 Å². The number of nitrogens with zero attached hydrogens (tertiary/aromatic N) is 1. The maximum absolute atomic E-state index is 12.6. The van der Waals surface area contributed by atoms with Gasteiger partial charge in [-0.05, 0) is 43.0 Å². The van der Waals surface area contributed by atoms with E-state index in [9.17, 15) is 14.4 Å². The molecular formula is C25H30N4O5. The lowest BCUT2D eigenvalue weighted by Crippen LogP contribution is -2.40. The van der Waals surface area contributed by atoms with Crippen LogP contribution >= 0.6 is 0 Å². The molecule has 0 spiro atoms. The summed E-state index contributed by atoms with van der Waals surface area (Å²) < 4.78 is 10.9. The molecule has 180 valence electrons. The summed E-state index contributed by atoms with van der Waals surface area (Å²) in [7, 11) is 1.44. The molecule has 3 amide bonds. The second kappa shape index (κ2) is 10.8. The lowest BCUT2D eigenvalue weighted by atomic mass is 9.98. The number of hydrogen-bond donors (Lipinski definition) is 3. The molecule has 0 heterocycles. The summed E-state index contributed by atoms with van der Waals surface area (Å²) in [5.41, 5.74) is 6.00. The summed E-state index contributed by atoms with van der Waals surface area (Å²) in [6, 6.07) is 14.7. The van der Waals surface area contributed by atoms with Gasteiger partial charge in [0.15, 0.2) is 0 Å². The van der Waals surface area contributed by atoms with Gasteiger partial charge in [0.1, 0.15) is 12.2 Å². The number of amides is 3. The Kier molecular flexibility index (Phi) is 7.88. The largest absolute Gasteiger partial charge is 0.460 e. The van der Waals surface area contributed by atoms with Gasteiger partial charge in [-0.2, -0.15) is 5.10 Å². The van der Waals surface area contributed by atoms with Gasteiger partial charge in [0.25, 0.3) is 0 Å². The number of carbonyl (C=O) groups is 3. The van der Waals surface area contributed by atoms with Gasteiger partial charge in [-0.25, -0.2) is 15.0 Å². The average molecular weight is 467 g/mol. The van der Waals surface area contributed by atoms with E-state index >= 15 is 0 Å². The molecule has 0 bridgehead atoms. The van der Waals surface area contributed by atoms with Crippen molar-refractivity contribution in [2.45, 2.75) is 44.8 Å². The van der Waals surface area contributed by atoms with Crippen LogP contribution < -0.4 is 16.1 Å². The zero-order valence-corrected chi connectivity index (χ0v) is 19.8. The Bertz CT molecular complexity index is 1030. The van der Waals surface area contributed by atoms with Crippen LogP contribution in [0.1, 0.15) is 44.2 Å². The molecule has 1 atom stereocenters.